The molecule has 0 amide bonds. The number of methoxy groups -OCH3 is 2. The molecule has 1 aromatic heterocycles. The molecule has 3 aromatic rings. The van der Waals surface area contributed by atoms with Gasteiger partial charge in [-0.15, -0.1) is 0 Å². The van der Waals surface area contributed by atoms with Gasteiger partial charge in [0.2, 0.25) is 5.95 Å². The molecule has 0 saturated heterocycles. The maximum atomic E-state index is 6.17. The first-order valence-corrected chi connectivity index (χ1v) is 8.32. The highest BCUT2D eigenvalue weighted by atomic mass is 35.5. The van der Waals surface area contributed by atoms with Crippen LogP contribution >= 0.6 is 11.6 Å². The molecule has 0 aliphatic carbocycles. The lowest BCUT2D eigenvalue weighted by atomic mass is 10.3. The Morgan fingerprint density at radius 1 is 0.846 bits per heavy atom. The van der Waals surface area contributed by atoms with Crippen molar-refractivity contribution in [3.63, 3.8) is 0 Å². The van der Waals surface area contributed by atoms with E-state index in [4.69, 9.17) is 21.1 Å². The van der Waals surface area contributed by atoms with Gasteiger partial charge in [-0.1, -0.05) is 11.6 Å². The number of benzene rings is 2. The molecule has 0 atom stereocenters. The van der Waals surface area contributed by atoms with Crippen LogP contribution in [0.2, 0.25) is 5.02 Å². The normalized spacial score (nSPS) is 10.3. The van der Waals surface area contributed by atoms with E-state index in [2.05, 4.69) is 20.6 Å². The molecule has 0 aliphatic heterocycles. The van der Waals surface area contributed by atoms with Gasteiger partial charge in [0.05, 0.1) is 19.2 Å². The fourth-order valence-electron chi connectivity index (χ4n) is 2.38. The molecule has 1 heterocycles. The van der Waals surface area contributed by atoms with E-state index in [1.165, 1.54) is 0 Å². The third kappa shape index (κ3) is 4.34. The van der Waals surface area contributed by atoms with E-state index < -0.39 is 0 Å². The van der Waals surface area contributed by atoms with E-state index in [1.807, 2.05) is 43.3 Å². The molecule has 3 rings (SSSR count). The van der Waals surface area contributed by atoms with Gasteiger partial charge < -0.3 is 20.1 Å². The number of hydrogen-bond donors (Lipinski definition) is 2. The second-order valence-electron chi connectivity index (χ2n) is 5.55. The number of hydrogen-bond acceptors (Lipinski definition) is 6. The zero-order chi connectivity index (χ0) is 18.5. The molecule has 0 aliphatic rings. The topological polar surface area (TPSA) is 68.3 Å². The summed E-state index contributed by atoms with van der Waals surface area (Å²) in [5, 5.41) is 6.95. The van der Waals surface area contributed by atoms with Crippen LogP contribution in [-0.4, -0.2) is 24.2 Å². The highest BCUT2D eigenvalue weighted by Gasteiger charge is 2.06. The van der Waals surface area contributed by atoms with Crippen molar-refractivity contribution in [2.75, 3.05) is 24.9 Å². The van der Waals surface area contributed by atoms with E-state index in [9.17, 15) is 0 Å². The number of nitrogens with one attached hydrogen (secondary N) is 2. The number of anilines is 4. The van der Waals surface area contributed by atoms with Crippen LogP contribution in [0.4, 0.5) is 23.1 Å². The van der Waals surface area contributed by atoms with Crippen molar-refractivity contribution in [2.24, 2.45) is 0 Å². The number of halogens is 1. The van der Waals surface area contributed by atoms with Gasteiger partial charge in [0.25, 0.3) is 0 Å². The van der Waals surface area contributed by atoms with Crippen molar-refractivity contribution in [2.45, 2.75) is 6.92 Å². The summed E-state index contributed by atoms with van der Waals surface area (Å²) < 4.78 is 10.3. The standard InChI is InChI=1S/C19H19ClN4O2/c1-12-10-18(22-14-6-9-17(26-3)16(20)11-14)24-19(21-12)23-13-4-7-15(25-2)8-5-13/h4-11H,1-3H3,(H2,21,22,23,24). The lowest BCUT2D eigenvalue weighted by molar-refractivity contribution is 0.415. The zero-order valence-electron chi connectivity index (χ0n) is 14.7. The monoisotopic (exact) mass is 370 g/mol. The van der Waals surface area contributed by atoms with Crippen LogP contribution in [0.15, 0.2) is 48.5 Å². The average Bonchev–Trinajstić information content (AvgIpc) is 2.62. The van der Waals surface area contributed by atoms with Crippen LogP contribution in [-0.2, 0) is 0 Å². The number of aryl methyl sites for hydroxylation is 1. The Hall–Kier alpha value is -2.99. The Labute approximate surface area is 157 Å². The predicted octanol–water partition coefficient (Wildman–Crippen LogP) is 4.94. The molecular weight excluding hydrogens is 352 g/mol. The van der Waals surface area contributed by atoms with E-state index in [-0.39, 0.29) is 0 Å². The van der Waals surface area contributed by atoms with Crippen LogP contribution in [0.5, 0.6) is 11.5 Å². The van der Waals surface area contributed by atoms with Gasteiger partial charge in [-0.3, -0.25) is 0 Å². The molecule has 0 unspecified atom stereocenters. The minimum Gasteiger partial charge on any atom is -0.497 e. The molecule has 0 bridgehead atoms. The maximum absolute atomic E-state index is 6.17. The quantitative estimate of drug-likeness (QED) is 0.640. The fourth-order valence-corrected chi connectivity index (χ4v) is 2.64. The van der Waals surface area contributed by atoms with Gasteiger partial charge in [-0.25, -0.2) is 4.98 Å². The minimum atomic E-state index is 0.497. The number of ether oxygens (including phenoxy) is 2. The van der Waals surface area contributed by atoms with Gasteiger partial charge in [-0.05, 0) is 49.4 Å². The highest BCUT2D eigenvalue weighted by Crippen LogP contribution is 2.29. The summed E-state index contributed by atoms with van der Waals surface area (Å²) in [6.07, 6.45) is 0. The predicted molar refractivity (Wildman–Crippen MR) is 104 cm³/mol. The van der Waals surface area contributed by atoms with Crippen LogP contribution in [0.25, 0.3) is 0 Å². The molecule has 26 heavy (non-hydrogen) atoms. The summed E-state index contributed by atoms with van der Waals surface area (Å²) >= 11 is 6.17. The summed E-state index contributed by atoms with van der Waals surface area (Å²) in [6.45, 7) is 1.91. The van der Waals surface area contributed by atoms with Crippen molar-refractivity contribution in [3.05, 3.63) is 59.2 Å². The Morgan fingerprint density at radius 3 is 2.23 bits per heavy atom. The largest absolute Gasteiger partial charge is 0.497 e. The minimum absolute atomic E-state index is 0.497. The third-order valence-electron chi connectivity index (χ3n) is 3.62. The molecular formula is C19H19ClN4O2. The van der Waals surface area contributed by atoms with Gasteiger partial charge in [0.15, 0.2) is 0 Å². The maximum Gasteiger partial charge on any atom is 0.229 e. The lowest BCUT2D eigenvalue weighted by Crippen LogP contribution is -2.02. The molecule has 6 nitrogen and oxygen atoms in total. The number of nitrogens with zero attached hydrogens (tertiary/aromatic N) is 2. The fraction of sp³-hybridized carbons (Fsp3) is 0.158. The molecule has 134 valence electrons. The van der Waals surface area contributed by atoms with Crippen molar-refractivity contribution >= 4 is 34.7 Å². The summed E-state index contributed by atoms with van der Waals surface area (Å²) in [5.41, 5.74) is 2.51. The van der Waals surface area contributed by atoms with Crippen LogP contribution in [0, 0.1) is 6.92 Å². The van der Waals surface area contributed by atoms with Gasteiger partial charge >= 0.3 is 0 Å². The molecule has 0 fully saturated rings. The molecule has 2 aromatic carbocycles. The van der Waals surface area contributed by atoms with Crippen LogP contribution in [0.1, 0.15) is 5.69 Å². The van der Waals surface area contributed by atoms with Gasteiger partial charge in [-0.2, -0.15) is 4.98 Å². The number of aromatic nitrogens is 2. The van der Waals surface area contributed by atoms with E-state index >= 15 is 0 Å². The molecule has 7 heteroatoms. The lowest BCUT2D eigenvalue weighted by Gasteiger charge is -2.11. The molecule has 0 spiro atoms. The molecule has 0 radical (unpaired) electrons. The average molecular weight is 371 g/mol. The Bertz CT molecular complexity index is 901. The highest BCUT2D eigenvalue weighted by molar-refractivity contribution is 6.32. The Balaban J connectivity index is 1.79. The first-order valence-electron chi connectivity index (χ1n) is 7.94. The SMILES string of the molecule is COc1ccc(Nc2nc(C)cc(Nc3ccc(OC)c(Cl)c3)n2)cc1. The second kappa shape index (κ2) is 7.93. The Morgan fingerprint density at radius 2 is 1.58 bits per heavy atom. The van der Waals surface area contributed by atoms with Crippen molar-refractivity contribution < 1.29 is 9.47 Å². The summed E-state index contributed by atoms with van der Waals surface area (Å²) in [7, 11) is 3.22. The van der Waals surface area contributed by atoms with E-state index in [0.29, 0.717) is 22.5 Å². The second-order valence-corrected chi connectivity index (χ2v) is 5.95. The van der Waals surface area contributed by atoms with Gasteiger partial charge in [0.1, 0.15) is 17.3 Å². The first-order chi connectivity index (χ1) is 12.6. The summed E-state index contributed by atoms with van der Waals surface area (Å²) in [4.78, 5) is 8.92. The van der Waals surface area contributed by atoms with E-state index in [1.54, 1.807) is 26.4 Å². The van der Waals surface area contributed by atoms with Gasteiger partial charge in [0, 0.05) is 23.1 Å². The summed E-state index contributed by atoms with van der Waals surface area (Å²) in [5.74, 6) is 2.57. The zero-order valence-corrected chi connectivity index (χ0v) is 15.5. The Kier molecular flexibility index (Phi) is 5.43. The van der Waals surface area contributed by atoms with Crippen LogP contribution in [0.3, 0.4) is 0 Å². The summed E-state index contributed by atoms with van der Waals surface area (Å²) in [6, 6.07) is 14.9. The first kappa shape index (κ1) is 17.8. The van der Waals surface area contributed by atoms with Crippen molar-refractivity contribution in [1.29, 1.82) is 0 Å². The molecule has 0 saturated carbocycles. The van der Waals surface area contributed by atoms with Crippen molar-refractivity contribution in [3.8, 4) is 11.5 Å². The van der Waals surface area contributed by atoms with Crippen LogP contribution < -0.4 is 20.1 Å². The smallest absolute Gasteiger partial charge is 0.229 e. The third-order valence-corrected chi connectivity index (χ3v) is 3.92. The molecule has 2 N–H and O–H groups in total. The number of rotatable bonds is 6. The van der Waals surface area contributed by atoms with Crippen molar-refractivity contribution in [1.82, 2.24) is 9.97 Å². The van der Waals surface area contributed by atoms with E-state index in [0.717, 1.165) is 22.8 Å².